The molecule has 0 radical (unpaired) electrons. The summed E-state index contributed by atoms with van der Waals surface area (Å²) < 4.78 is 37.8. The molecule has 49 heavy (non-hydrogen) atoms. The number of rotatable bonds is 8. The maximum absolute atomic E-state index is 17.0. The van der Waals surface area contributed by atoms with Crippen molar-refractivity contribution in [2.75, 3.05) is 6.61 Å². The van der Waals surface area contributed by atoms with Gasteiger partial charge >= 0.3 is 5.69 Å². The minimum absolute atomic E-state index is 0.0885. The van der Waals surface area contributed by atoms with Gasteiger partial charge in [0.2, 0.25) is 0 Å². The molecule has 5 aromatic rings. The lowest BCUT2D eigenvalue weighted by molar-refractivity contribution is -0.150. The molecule has 2 aliphatic rings. The molecule has 1 fully saturated rings. The third-order valence-corrected chi connectivity index (χ3v) is 9.19. The summed E-state index contributed by atoms with van der Waals surface area (Å²) in [6.45, 7) is 3.12. The average Bonchev–Trinajstić information content (AvgIpc) is 3.56. The minimum Gasteiger partial charge on any atom is -0.356 e. The summed E-state index contributed by atoms with van der Waals surface area (Å²) >= 11 is 6.33. The second kappa shape index (κ2) is 12.8. The average molecular weight is 679 g/mol. The Kier molecular flexibility index (Phi) is 8.54. The Labute approximate surface area is 286 Å². The first-order chi connectivity index (χ1) is 23.6. The van der Waals surface area contributed by atoms with E-state index in [1.165, 1.54) is 12.1 Å². The number of carbonyl (C=O) groups is 1. The van der Waals surface area contributed by atoms with Gasteiger partial charge in [-0.3, -0.25) is 14.2 Å². The number of aromatic nitrogens is 2. The maximum atomic E-state index is 17.0. The standard InChI is InChI=1S/C39H32ClFN2O6/c1-38(2)48-33-29(24-47-39(26-17-9-4-10-18-26,27-19-11-5-12-20-27)28-21-13-6-14-22-28)31(41)32(34(33)49-38)42-23-30(40)36(45)43(37(42)46)35(44)25-15-7-3-8-16-25/h3-23,32-34H,24H2,1-2H3/t32-,33-,34?/m1/s1. The lowest BCUT2D eigenvalue weighted by Crippen LogP contribution is -2.46. The van der Waals surface area contributed by atoms with E-state index in [4.69, 9.17) is 25.8 Å². The normalized spacial score (nSPS) is 20.0. The number of benzene rings is 4. The number of hydrogen-bond acceptors (Lipinski definition) is 6. The number of ether oxygens (including phenoxy) is 3. The van der Waals surface area contributed by atoms with E-state index in [2.05, 4.69) is 0 Å². The van der Waals surface area contributed by atoms with Gasteiger partial charge in [0, 0.05) is 17.3 Å². The number of fused-ring (bicyclic) bond motifs is 1. The third kappa shape index (κ3) is 5.68. The van der Waals surface area contributed by atoms with E-state index < -0.39 is 57.6 Å². The highest BCUT2D eigenvalue weighted by molar-refractivity contribution is 6.30. The topological polar surface area (TPSA) is 88.8 Å². The molecule has 10 heteroatoms. The van der Waals surface area contributed by atoms with Gasteiger partial charge in [0.05, 0.1) is 6.61 Å². The molecule has 0 saturated carbocycles. The van der Waals surface area contributed by atoms with Crippen molar-refractivity contribution >= 4 is 17.5 Å². The number of carbonyl (C=O) groups excluding carboxylic acids is 1. The van der Waals surface area contributed by atoms with Crippen molar-refractivity contribution in [3.05, 3.63) is 187 Å². The van der Waals surface area contributed by atoms with Crippen LogP contribution in [-0.2, 0) is 19.8 Å². The highest BCUT2D eigenvalue weighted by Gasteiger charge is 2.56. The molecule has 1 aliphatic carbocycles. The van der Waals surface area contributed by atoms with Gasteiger partial charge < -0.3 is 14.2 Å². The second-order valence-corrected chi connectivity index (χ2v) is 12.8. The highest BCUT2D eigenvalue weighted by Crippen LogP contribution is 2.49. The zero-order chi connectivity index (χ0) is 34.3. The third-order valence-electron chi connectivity index (χ3n) is 8.93. The van der Waals surface area contributed by atoms with E-state index in [9.17, 15) is 14.4 Å². The predicted octanol–water partition coefficient (Wildman–Crippen LogP) is 6.66. The molecule has 1 aliphatic heterocycles. The first-order valence-electron chi connectivity index (χ1n) is 15.8. The number of nitrogens with zero attached hydrogens (tertiary/aromatic N) is 2. The molecular weight excluding hydrogens is 647 g/mol. The fourth-order valence-corrected chi connectivity index (χ4v) is 6.97. The highest BCUT2D eigenvalue weighted by atomic mass is 35.5. The molecule has 1 unspecified atom stereocenters. The minimum atomic E-state index is -1.41. The van der Waals surface area contributed by atoms with Crippen LogP contribution in [0.1, 0.15) is 46.9 Å². The maximum Gasteiger partial charge on any atom is 0.339 e. The van der Waals surface area contributed by atoms with Crippen LogP contribution < -0.4 is 11.2 Å². The zero-order valence-corrected chi connectivity index (χ0v) is 27.4. The van der Waals surface area contributed by atoms with Crippen molar-refractivity contribution in [2.24, 2.45) is 0 Å². The van der Waals surface area contributed by atoms with Crippen LogP contribution in [0, 0.1) is 0 Å². The molecule has 0 N–H and O–H groups in total. The van der Waals surface area contributed by atoms with Gasteiger partial charge in [-0.05, 0) is 42.7 Å². The molecule has 0 spiro atoms. The SMILES string of the molecule is CC1(C)OC2[C@H](O1)C(COC(c1ccccc1)(c1ccccc1)c1ccccc1)=C(F)[C@H]2n1cc(Cl)c(=O)n(C(=O)c2ccccc2)c1=O. The van der Waals surface area contributed by atoms with E-state index in [1.54, 1.807) is 32.0 Å². The molecule has 2 heterocycles. The Morgan fingerprint density at radius 1 is 0.816 bits per heavy atom. The predicted molar refractivity (Wildman–Crippen MR) is 182 cm³/mol. The largest absolute Gasteiger partial charge is 0.356 e. The van der Waals surface area contributed by atoms with Crippen molar-refractivity contribution < 1.29 is 23.4 Å². The summed E-state index contributed by atoms with van der Waals surface area (Å²) in [5.41, 5.74) is -0.580. The van der Waals surface area contributed by atoms with Crippen molar-refractivity contribution in [2.45, 2.75) is 43.5 Å². The molecule has 1 aromatic heterocycles. The molecule has 7 rings (SSSR count). The summed E-state index contributed by atoms with van der Waals surface area (Å²) in [6.07, 6.45) is -0.959. The van der Waals surface area contributed by atoms with Crippen molar-refractivity contribution in [1.29, 1.82) is 0 Å². The van der Waals surface area contributed by atoms with E-state index in [1.807, 2.05) is 91.0 Å². The van der Waals surface area contributed by atoms with Crippen LogP contribution >= 0.6 is 11.6 Å². The molecule has 0 amide bonds. The van der Waals surface area contributed by atoms with Crippen LogP contribution in [0.4, 0.5) is 4.39 Å². The quantitative estimate of drug-likeness (QED) is 0.171. The summed E-state index contributed by atoms with van der Waals surface area (Å²) in [6, 6.07) is 35.4. The van der Waals surface area contributed by atoms with Crippen molar-refractivity contribution in [3.8, 4) is 0 Å². The zero-order valence-electron chi connectivity index (χ0n) is 26.7. The van der Waals surface area contributed by atoms with Crippen molar-refractivity contribution in [1.82, 2.24) is 9.13 Å². The lowest BCUT2D eigenvalue weighted by Gasteiger charge is -2.36. The molecule has 3 atom stereocenters. The van der Waals surface area contributed by atoms with Gasteiger partial charge in [0.1, 0.15) is 34.7 Å². The first-order valence-corrected chi connectivity index (χ1v) is 16.2. The molecular formula is C39H32ClFN2O6. The Morgan fingerprint density at radius 3 is 1.82 bits per heavy atom. The van der Waals surface area contributed by atoms with Crippen LogP contribution in [0.15, 0.2) is 149 Å². The molecule has 248 valence electrons. The van der Waals surface area contributed by atoms with Crippen LogP contribution in [0.25, 0.3) is 0 Å². The van der Waals surface area contributed by atoms with Crippen molar-refractivity contribution in [3.63, 3.8) is 0 Å². The summed E-state index contributed by atoms with van der Waals surface area (Å²) in [5, 5.41) is -0.438. The second-order valence-electron chi connectivity index (χ2n) is 12.4. The molecule has 1 saturated heterocycles. The number of halogens is 2. The summed E-state index contributed by atoms with van der Waals surface area (Å²) in [4.78, 5) is 40.4. The fraction of sp³-hybridized carbons (Fsp3) is 0.205. The molecule has 0 bridgehead atoms. The van der Waals surface area contributed by atoms with E-state index in [0.29, 0.717) is 4.57 Å². The van der Waals surface area contributed by atoms with Gasteiger partial charge in [-0.15, -0.1) is 0 Å². The summed E-state index contributed by atoms with van der Waals surface area (Å²) in [7, 11) is 0. The molecule has 8 nitrogen and oxygen atoms in total. The van der Waals surface area contributed by atoms with Crippen LogP contribution in [0.5, 0.6) is 0 Å². The van der Waals surface area contributed by atoms with Crippen LogP contribution in [0.3, 0.4) is 0 Å². The Balaban J connectivity index is 1.36. The Morgan fingerprint density at radius 2 is 1.31 bits per heavy atom. The van der Waals surface area contributed by atoms with Gasteiger partial charge in [-0.2, -0.15) is 4.57 Å². The Hall–Kier alpha value is -4.93. The van der Waals surface area contributed by atoms with Gasteiger partial charge in [-0.1, -0.05) is 121 Å². The van der Waals surface area contributed by atoms with Gasteiger partial charge in [-0.25, -0.2) is 9.18 Å². The van der Waals surface area contributed by atoms with E-state index in [0.717, 1.165) is 27.5 Å². The lowest BCUT2D eigenvalue weighted by atomic mass is 9.80. The van der Waals surface area contributed by atoms with E-state index in [-0.39, 0.29) is 17.7 Å². The fourth-order valence-electron chi connectivity index (χ4n) is 6.78. The smallest absolute Gasteiger partial charge is 0.339 e. The van der Waals surface area contributed by atoms with Crippen LogP contribution in [0.2, 0.25) is 5.02 Å². The van der Waals surface area contributed by atoms with E-state index >= 15 is 4.39 Å². The monoisotopic (exact) mass is 678 g/mol. The van der Waals surface area contributed by atoms with Gasteiger partial charge in [0.15, 0.2) is 5.79 Å². The Bertz CT molecular complexity index is 2050. The number of hydrogen-bond donors (Lipinski definition) is 0. The molecule has 4 aromatic carbocycles. The van der Waals surface area contributed by atoms with Gasteiger partial charge in [0.25, 0.3) is 11.5 Å². The summed E-state index contributed by atoms with van der Waals surface area (Å²) in [5.74, 6) is -2.79. The first kappa shape index (κ1) is 32.6. The van der Waals surface area contributed by atoms with Crippen LogP contribution in [-0.4, -0.2) is 39.6 Å².